The molecule has 0 aromatic heterocycles. The fraction of sp³-hybridized carbons (Fsp3) is 0.250. The van der Waals surface area contributed by atoms with Crippen molar-refractivity contribution in [2.45, 2.75) is 6.54 Å². The molecule has 2 aliphatic heterocycles. The van der Waals surface area contributed by atoms with E-state index in [2.05, 4.69) is 103 Å². The van der Waals surface area contributed by atoms with Gasteiger partial charge in [-0.3, -0.25) is 0 Å². The Kier molecular flexibility index (Phi) is 5.37. The lowest BCUT2D eigenvalue weighted by molar-refractivity contribution is 0.305. The minimum Gasteiger partial charge on any atom is -0.489 e. The number of hydrogen-bond acceptors (Lipinski definition) is 4. The summed E-state index contributed by atoms with van der Waals surface area (Å²) in [6, 6.07) is 19.0. The Morgan fingerprint density at radius 3 is 2.07 bits per heavy atom. The van der Waals surface area contributed by atoms with Crippen LogP contribution in [-0.2, 0) is 6.54 Å². The largest absolute Gasteiger partial charge is 0.489 e. The van der Waals surface area contributed by atoms with Crippen molar-refractivity contribution in [3.63, 3.8) is 0 Å². The normalized spacial score (nSPS) is 15.2. The first-order valence-corrected chi connectivity index (χ1v) is 11.6. The Labute approximate surface area is 193 Å². The van der Waals surface area contributed by atoms with E-state index in [0.29, 0.717) is 13.2 Å². The molecule has 0 amide bonds. The van der Waals surface area contributed by atoms with Crippen LogP contribution in [0.15, 0.2) is 63.5 Å². The summed E-state index contributed by atoms with van der Waals surface area (Å²) in [5, 5.41) is 0. The van der Waals surface area contributed by atoms with Gasteiger partial charge >= 0.3 is 0 Å². The predicted molar refractivity (Wildman–Crippen MR) is 129 cm³/mol. The van der Waals surface area contributed by atoms with Gasteiger partial charge in [-0.2, -0.15) is 0 Å². The highest BCUT2D eigenvalue weighted by molar-refractivity contribution is 9.11. The van der Waals surface area contributed by atoms with Crippen molar-refractivity contribution in [1.29, 1.82) is 0 Å². The zero-order valence-corrected chi connectivity index (χ0v) is 19.9. The van der Waals surface area contributed by atoms with Crippen LogP contribution in [0.1, 0.15) is 5.56 Å². The molecule has 0 saturated carbocycles. The van der Waals surface area contributed by atoms with Crippen LogP contribution in [-0.4, -0.2) is 33.4 Å². The summed E-state index contributed by atoms with van der Waals surface area (Å²) in [5.74, 6) is 1.80. The summed E-state index contributed by atoms with van der Waals surface area (Å²) in [5.41, 5.74) is 5.56. The number of ether oxygens (including phenoxy) is 2. The number of rotatable bonds is 3. The first-order chi connectivity index (χ1) is 14.6. The van der Waals surface area contributed by atoms with Gasteiger partial charge in [0.1, 0.15) is 13.2 Å². The summed E-state index contributed by atoms with van der Waals surface area (Å²) in [4.78, 5) is 4.63. The molecule has 0 spiro atoms. The minimum absolute atomic E-state index is 0.649. The van der Waals surface area contributed by atoms with Crippen LogP contribution in [0.2, 0.25) is 0 Å². The van der Waals surface area contributed by atoms with Gasteiger partial charge in [0.05, 0.1) is 24.5 Å². The molecule has 0 atom stereocenters. The fourth-order valence-corrected chi connectivity index (χ4v) is 5.18. The second-order valence-electron chi connectivity index (χ2n) is 7.57. The number of nitrogens with zero attached hydrogens (tertiary/aromatic N) is 2. The first kappa shape index (κ1) is 19.8. The first-order valence-electron chi connectivity index (χ1n) is 10.0. The van der Waals surface area contributed by atoms with Crippen LogP contribution in [0.25, 0.3) is 11.1 Å². The Bertz CT molecular complexity index is 1090. The lowest BCUT2D eigenvalue weighted by atomic mass is 9.99. The zero-order valence-electron chi connectivity index (χ0n) is 16.7. The maximum atomic E-state index is 6.27. The van der Waals surface area contributed by atoms with Gasteiger partial charge in [-0.1, -0.05) is 62.2 Å². The third kappa shape index (κ3) is 3.46. The van der Waals surface area contributed by atoms with E-state index in [1.807, 2.05) is 0 Å². The quantitative estimate of drug-likeness (QED) is 0.409. The van der Waals surface area contributed by atoms with Crippen molar-refractivity contribution in [2.24, 2.45) is 0 Å². The van der Waals surface area contributed by atoms with E-state index in [9.17, 15) is 0 Å². The van der Waals surface area contributed by atoms with Gasteiger partial charge < -0.3 is 19.3 Å². The summed E-state index contributed by atoms with van der Waals surface area (Å²) in [6.45, 7) is 3.91. The van der Waals surface area contributed by atoms with Gasteiger partial charge in [0.25, 0.3) is 0 Å². The molecule has 0 N–H and O–H groups in total. The molecule has 0 unspecified atom stereocenters. The highest BCUT2D eigenvalue weighted by Gasteiger charge is 2.29. The van der Waals surface area contributed by atoms with Crippen LogP contribution in [0, 0.1) is 0 Å². The average molecular weight is 530 g/mol. The zero-order chi connectivity index (χ0) is 20.7. The number of anilines is 2. The van der Waals surface area contributed by atoms with Crippen molar-refractivity contribution in [2.75, 3.05) is 43.2 Å². The molecule has 3 aromatic carbocycles. The minimum atomic E-state index is 0.649. The van der Waals surface area contributed by atoms with Gasteiger partial charge in [0, 0.05) is 33.7 Å². The molecule has 30 heavy (non-hydrogen) atoms. The van der Waals surface area contributed by atoms with E-state index in [1.165, 1.54) is 5.56 Å². The van der Waals surface area contributed by atoms with Crippen LogP contribution in [0.3, 0.4) is 0 Å². The van der Waals surface area contributed by atoms with Crippen molar-refractivity contribution in [3.05, 3.63) is 69.1 Å². The molecule has 0 radical (unpaired) electrons. The predicted octanol–water partition coefficient (Wildman–Crippen LogP) is 6.11. The summed E-state index contributed by atoms with van der Waals surface area (Å²) < 4.78 is 14.4. The van der Waals surface area contributed by atoms with Crippen LogP contribution in [0.4, 0.5) is 11.4 Å². The van der Waals surface area contributed by atoms with Crippen LogP contribution >= 0.6 is 31.9 Å². The standard InChI is InChI=1S/C24H22Br2N2O2/c1-27-11-13-29-23-19(27)9-7-17(25)21(23)22-18(26)8-10-20-24(22)30-14-12-28(20)15-16-5-3-2-4-6-16/h2-10H,11-15H2,1H3. The van der Waals surface area contributed by atoms with Crippen LogP contribution < -0.4 is 19.3 Å². The number of benzene rings is 3. The third-order valence-corrected chi connectivity index (χ3v) is 6.99. The van der Waals surface area contributed by atoms with E-state index in [0.717, 1.165) is 62.6 Å². The third-order valence-electron chi connectivity index (χ3n) is 5.67. The highest BCUT2D eigenvalue weighted by atomic mass is 79.9. The molecule has 5 rings (SSSR count). The Morgan fingerprint density at radius 2 is 1.37 bits per heavy atom. The number of halogens is 2. The van der Waals surface area contributed by atoms with Gasteiger partial charge in [0.2, 0.25) is 0 Å². The Morgan fingerprint density at radius 1 is 0.767 bits per heavy atom. The molecular formula is C24H22Br2N2O2. The summed E-state index contributed by atoms with van der Waals surface area (Å²) in [7, 11) is 2.10. The molecule has 2 aliphatic rings. The van der Waals surface area contributed by atoms with Crippen LogP contribution in [0.5, 0.6) is 11.5 Å². The number of hydrogen-bond donors (Lipinski definition) is 0. The molecule has 2 heterocycles. The van der Waals surface area contributed by atoms with Gasteiger partial charge in [0.15, 0.2) is 11.5 Å². The van der Waals surface area contributed by atoms with Crippen molar-refractivity contribution < 1.29 is 9.47 Å². The molecule has 0 fully saturated rings. The monoisotopic (exact) mass is 528 g/mol. The Balaban J connectivity index is 1.65. The molecule has 0 bridgehead atoms. The molecule has 6 heteroatoms. The Hall–Kier alpha value is -2.18. The maximum absolute atomic E-state index is 6.27. The molecule has 4 nitrogen and oxygen atoms in total. The summed E-state index contributed by atoms with van der Waals surface area (Å²) in [6.07, 6.45) is 0. The molecule has 3 aromatic rings. The molecular weight excluding hydrogens is 508 g/mol. The van der Waals surface area contributed by atoms with Crippen molar-refractivity contribution in [3.8, 4) is 22.6 Å². The lowest BCUT2D eigenvalue weighted by Gasteiger charge is -2.34. The smallest absolute Gasteiger partial charge is 0.151 e. The second-order valence-corrected chi connectivity index (χ2v) is 9.28. The van der Waals surface area contributed by atoms with E-state index in [-0.39, 0.29) is 0 Å². The van der Waals surface area contributed by atoms with E-state index in [1.54, 1.807) is 0 Å². The average Bonchev–Trinajstić information content (AvgIpc) is 2.75. The number of fused-ring (bicyclic) bond motifs is 2. The maximum Gasteiger partial charge on any atom is 0.151 e. The van der Waals surface area contributed by atoms with E-state index in [4.69, 9.17) is 9.47 Å². The molecule has 0 aliphatic carbocycles. The lowest BCUT2D eigenvalue weighted by Crippen LogP contribution is -2.32. The van der Waals surface area contributed by atoms with E-state index >= 15 is 0 Å². The highest BCUT2D eigenvalue weighted by Crippen LogP contribution is 2.53. The van der Waals surface area contributed by atoms with Crippen molar-refractivity contribution in [1.82, 2.24) is 0 Å². The van der Waals surface area contributed by atoms with Gasteiger partial charge in [-0.25, -0.2) is 0 Å². The second kappa shape index (κ2) is 8.16. The van der Waals surface area contributed by atoms with Gasteiger partial charge in [-0.05, 0) is 29.8 Å². The molecule has 0 saturated heterocycles. The molecule has 154 valence electrons. The topological polar surface area (TPSA) is 24.9 Å². The fourth-order valence-electron chi connectivity index (χ4n) is 4.15. The number of likely N-dealkylation sites (N-methyl/N-ethyl adjacent to an activating group) is 1. The van der Waals surface area contributed by atoms with E-state index < -0.39 is 0 Å². The van der Waals surface area contributed by atoms with Crippen molar-refractivity contribution >= 4 is 43.2 Å². The summed E-state index contributed by atoms with van der Waals surface area (Å²) >= 11 is 7.56. The SMILES string of the molecule is CN1CCOc2c1ccc(Br)c2-c1c(Br)ccc2c1OCCN2Cc1ccccc1. The van der Waals surface area contributed by atoms with Gasteiger partial charge in [-0.15, -0.1) is 0 Å².